The van der Waals surface area contributed by atoms with Gasteiger partial charge in [0.1, 0.15) is 0 Å². The fourth-order valence-corrected chi connectivity index (χ4v) is 2.98. The number of rotatable bonds is 4. The quantitative estimate of drug-likeness (QED) is 0.815. The zero-order valence-corrected chi connectivity index (χ0v) is 12.2. The average molecular weight is 348 g/mol. The zero-order chi connectivity index (χ0) is 13.1. The molecule has 1 aromatic carbocycles. The molecule has 6 heteroatoms. The smallest absolute Gasteiger partial charge is 0.371 e. The van der Waals surface area contributed by atoms with Crippen molar-refractivity contribution in [2.24, 2.45) is 0 Å². The van der Waals surface area contributed by atoms with Crippen molar-refractivity contribution in [2.75, 3.05) is 0 Å². The van der Waals surface area contributed by atoms with Crippen LogP contribution < -0.4 is 0 Å². The fourth-order valence-electron chi connectivity index (χ4n) is 1.30. The van der Waals surface area contributed by atoms with Crippen molar-refractivity contribution in [3.05, 3.63) is 51.2 Å². The number of halogens is 2. The van der Waals surface area contributed by atoms with E-state index in [1.807, 2.05) is 18.2 Å². The highest BCUT2D eigenvalue weighted by molar-refractivity contribution is 9.10. The van der Waals surface area contributed by atoms with Crippen LogP contribution in [-0.4, -0.2) is 11.1 Å². The number of hydrogen-bond donors (Lipinski definition) is 1. The van der Waals surface area contributed by atoms with Crippen LogP contribution in [0.3, 0.4) is 0 Å². The van der Waals surface area contributed by atoms with Crippen LogP contribution in [0, 0.1) is 0 Å². The number of thioether (sulfide) groups is 1. The van der Waals surface area contributed by atoms with Gasteiger partial charge in [-0.05, 0) is 29.8 Å². The number of benzene rings is 1. The molecule has 18 heavy (non-hydrogen) atoms. The lowest BCUT2D eigenvalue weighted by atomic mass is 10.2. The first kappa shape index (κ1) is 13.5. The maximum atomic E-state index is 10.7. The predicted octanol–water partition coefficient (Wildman–Crippen LogP) is 4.69. The van der Waals surface area contributed by atoms with Crippen LogP contribution in [0.15, 0.2) is 44.3 Å². The molecule has 0 saturated heterocycles. The molecule has 2 rings (SSSR count). The lowest BCUT2D eigenvalue weighted by Gasteiger charge is -2.03. The third-order valence-corrected chi connectivity index (χ3v) is 3.98. The molecule has 1 aromatic heterocycles. The van der Waals surface area contributed by atoms with Crippen molar-refractivity contribution in [2.45, 2.75) is 10.8 Å². The molecule has 2 aromatic rings. The summed E-state index contributed by atoms with van der Waals surface area (Å²) >= 11 is 10.8. The van der Waals surface area contributed by atoms with E-state index in [4.69, 9.17) is 21.1 Å². The molecular weight excluding hydrogens is 340 g/mol. The molecule has 0 unspecified atom stereocenters. The monoisotopic (exact) mass is 346 g/mol. The molecule has 3 nitrogen and oxygen atoms in total. The van der Waals surface area contributed by atoms with E-state index < -0.39 is 5.97 Å². The first-order chi connectivity index (χ1) is 8.56. The Bertz CT molecular complexity index is 582. The summed E-state index contributed by atoms with van der Waals surface area (Å²) in [5, 5.41) is 9.96. The van der Waals surface area contributed by atoms with Gasteiger partial charge in [0, 0.05) is 15.2 Å². The molecule has 0 saturated carbocycles. The molecule has 1 N–H and O–H groups in total. The molecule has 0 bridgehead atoms. The van der Waals surface area contributed by atoms with Crippen LogP contribution in [0.2, 0.25) is 5.02 Å². The van der Waals surface area contributed by atoms with Gasteiger partial charge in [0.05, 0.1) is 0 Å². The summed E-state index contributed by atoms with van der Waals surface area (Å²) in [6.45, 7) is 0. The van der Waals surface area contributed by atoms with Crippen LogP contribution in [0.4, 0.5) is 0 Å². The Kier molecular flexibility index (Phi) is 4.37. The molecule has 0 fully saturated rings. The van der Waals surface area contributed by atoms with E-state index >= 15 is 0 Å². The minimum Gasteiger partial charge on any atom is -0.475 e. The summed E-state index contributed by atoms with van der Waals surface area (Å²) in [6, 6.07) is 8.73. The third kappa shape index (κ3) is 3.31. The Labute approximate surface area is 121 Å². The van der Waals surface area contributed by atoms with Crippen molar-refractivity contribution in [1.82, 2.24) is 0 Å². The number of furan rings is 1. The van der Waals surface area contributed by atoms with Crippen molar-refractivity contribution in [3.63, 3.8) is 0 Å². The molecule has 0 aliphatic heterocycles. The number of carboxylic acid groups (broad SMARTS) is 1. The number of carboxylic acids is 1. The van der Waals surface area contributed by atoms with Crippen LogP contribution in [-0.2, 0) is 5.75 Å². The van der Waals surface area contributed by atoms with E-state index in [1.54, 1.807) is 6.07 Å². The number of hydrogen-bond acceptors (Lipinski definition) is 3. The molecular formula is C12H8BrClO3S. The summed E-state index contributed by atoms with van der Waals surface area (Å²) in [5.74, 6) is -0.499. The van der Waals surface area contributed by atoms with E-state index in [0.717, 1.165) is 10.0 Å². The van der Waals surface area contributed by atoms with Crippen molar-refractivity contribution in [1.29, 1.82) is 0 Å². The molecule has 0 aliphatic carbocycles. The Morgan fingerprint density at radius 1 is 1.39 bits per heavy atom. The van der Waals surface area contributed by atoms with Crippen molar-refractivity contribution < 1.29 is 14.3 Å². The van der Waals surface area contributed by atoms with Gasteiger partial charge in [0.2, 0.25) is 5.76 Å². The van der Waals surface area contributed by atoms with Crippen LogP contribution in [0.25, 0.3) is 0 Å². The van der Waals surface area contributed by atoms with Crippen LogP contribution in [0.1, 0.15) is 16.1 Å². The molecule has 0 amide bonds. The van der Waals surface area contributed by atoms with Gasteiger partial charge in [-0.15, -0.1) is 0 Å². The Balaban J connectivity index is 2.04. The van der Waals surface area contributed by atoms with Gasteiger partial charge in [-0.2, -0.15) is 0 Å². The standard InChI is InChI=1S/C12H8BrClO3S/c13-8-2-1-7(9(14)5-8)6-18-11-4-3-10(17-11)12(15)16/h1-5H,6H2,(H,15,16). The van der Waals surface area contributed by atoms with Gasteiger partial charge in [-0.1, -0.05) is 45.4 Å². The largest absolute Gasteiger partial charge is 0.475 e. The minimum atomic E-state index is -1.07. The molecule has 0 aliphatic rings. The predicted molar refractivity (Wildman–Crippen MR) is 74.4 cm³/mol. The normalized spacial score (nSPS) is 10.6. The van der Waals surface area contributed by atoms with Crippen molar-refractivity contribution >= 4 is 45.3 Å². The SMILES string of the molecule is O=C(O)c1ccc(SCc2ccc(Br)cc2Cl)o1. The second-order valence-electron chi connectivity index (χ2n) is 3.45. The van der Waals surface area contributed by atoms with E-state index in [-0.39, 0.29) is 5.76 Å². The van der Waals surface area contributed by atoms with E-state index in [1.165, 1.54) is 17.8 Å². The first-order valence-electron chi connectivity index (χ1n) is 4.96. The highest BCUT2D eigenvalue weighted by Crippen LogP contribution is 2.29. The van der Waals surface area contributed by atoms with E-state index in [9.17, 15) is 4.79 Å². The molecule has 1 heterocycles. The van der Waals surface area contributed by atoms with Gasteiger partial charge in [0.15, 0.2) is 5.09 Å². The van der Waals surface area contributed by atoms with Gasteiger partial charge in [-0.25, -0.2) is 4.79 Å². The first-order valence-corrected chi connectivity index (χ1v) is 7.12. The topological polar surface area (TPSA) is 50.4 Å². The third-order valence-electron chi connectivity index (χ3n) is 2.18. The minimum absolute atomic E-state index is 0.0561. The fraction of sp³-hybridized carbons (Fsp3) is 0.0833. The molecule has 94 valence electrons. The van der Waals surface area contributed by atoms with Crippen molar-refractivity contribution in [3.8, 4) is 0 Å². The maximum absolute atomic E-state index is 10.7. The summed E-state index contributed by atoms with van der Waals surface area (Å²) in [6.07, 6.45) is 0. The molecule has 0 atom stereocenters. The van der Waals surface area contributed by atoms with Gasteiger partial charge < -0.3 is 9.52 Å². The Morgan fingerprint density at radius 3 is 2.78 bits per heavy atom. The van der Waals surface area contributed by atoms with Gasteiger partial charge >= 0.3 is 5.97 Å². The Hall–Kier alpha value is -0.910. The molecule has 0 radical (unpaired) electrons. The summed E-state index contributed by atoms with van der Waals surface area (Å²) in [7, 11) is 0. The average Bonchev–Trinajstić information content (AvgIpc) is 2.76. The van der Waals surface area contributed by atoms with Gasteiger partial charge in [-0.3, -0.25) is 0 Å². The summed E-state index contributed by atoms with van der Waals surface area (Å²) < 4.78 is 6.07. The Morgan fingerprint density at radius 2 is 2.17 bits per heavy atom. The lowest BCUT2D eigenvalue weighted by molar-refractivity contribution is 0.0656. The van der Waals surface area contributed by atoms with E-state index in [0.29, 0.717) is 15.9 Å². The highest BCUT2D eigenvalue weighted by Gasteiger charge is 2.10. The summed E-state index contributed by atoms with van der Waals surface area (Å²) in [4.78, 5) is 10.7. The zero-order valence-electron chi connectivity index (χ0n) is 9.02. The van der Waals surface area contributed by atoms with Gasteiger partial charge in [0.25, 0.3) is 0 Å². The molecule has 0 spiro atoms. The maximum Gasteiger partial charge on any atom is 0.371 e. The number of carbonyl (C=O) groups is 1. The van der Waals surface area contributed by atoms with Crippen LogP contribution >= 0.6 is 39.3 Å². The summed E-state index contributed by atoms with van der Waals surface area (Å²) in [5.41, 5.74) is 0.971. The second-order valence-corrected chi connectivity index (χ2v) is 5.75. The van der Waals surface area contributed by atoms with E-state index in [2.05, 4.69) is 15.9 Å². The second kappa shape index (κ2) is 5.82. The number of aromatic carboxylic acids is 1. The van der Waals surface area contributed by atoms with Crippen LogP contribution in [0.5, 0.6) is 0 Å². The lowest BCUT2D eigenvalue weighted by Crippen LogP contribution is -1.91. The highest BCUT2D eigenvalue weighted by atomic mass is 79.9.